The van der Waals surface area contributed by atoms with Gasteiger partial charge in [-0.1, -0.05) is 25.1 Å². The van der Waals surface area contributed by atoms with Crippen LogP contribution in [-0.2, 0) is 0 Å². The molecule has 2 aromatic carbocycles. The van der Waals surface area contributed by atoms with Crippen molar-refractivity contribution in [3.05, 3.63) is 60.2 Å². The Morgan fingerprint density at radius 1 is 1.17 bits per heavy atom. The number of fused-ring (bicyclic) bond motifs is 1. The van der Waals surface area contributed by atoms with Gasteiger partial charge >= 0.3 is 0 Å². The van der Waals surface area contributed by atoms with Gasteiger partial charge in [0.25, 0.3) is 5.91 Å². The summed E-state index contributed by atoms with van der Waals surface area (Å²) in [5.41, 5.74) is 9.17. The van der Waals surface area contributed by atoms with E-state index in [1.165, 1.54) is 0 Å². The van der Waals surface area contributed by atoms with Crippen LogP contribution in [0.2, 0.25) is 0 Å². The minimum Gasteiger partial charge on any atom is -0.497 e. The van der Waals surface area contributed by atoms with Crippen LogP contribution in [0.1, 0.15) is 23.7 Å². The monoisotopic (exact) mass is 447 g/mol. The predicted octanol–water partition coefficient (Wildman–Crippen LogP) is 4.56. The summed E-state index contributed by atoms with van der Waals surface area (Å²) in [5, 5.41) is 0.881. The first kappa shape index (κ1) is 23.9. The van der Waals surface area contributed by atoms with Crippen molar-refractivity contribution >= 4 is 41.6 Å². The van der Waals surface area contributed by atoms with Gasteiger partial charge in [0, 0.05) is 24.0 Å². The molecule has 1 atom stereocenters. The van der Waals surface area contributed by atoms with Crippen molar-refractivity contribution < 1.29 is 9.53 Å². The van der Waals surface area contributed by atoms with Crippen LogP contribution in [0, 0.1) is 5.41 Å². The molecule has 160 valence electrons. The fourth-order valence-electron chi connectivity index (χ4n) is 3.80. The van der Waals surface area contributed by atoms with Crippen molar-refractivity contribution in [3.8, 4) is 17.0 Å². The first-order chi connectivity index (χ1) is 13.5. The predicted molar refractivity (Wildman–Crippen MR) is 126 cm³/mol. The molecule has 1 aliphatic rings. The normalized spacial score (nSPS) is 17.9. The van der Waals surface area contributed by atoms with Gasteiger partial charge in [0.1, 0.15) is 5.75 Å². The Balaban J connectivity index is 0.00000160. The van der Waals surface area contributed by atoms with Crippen LogP contribution in [0.15, 0.2) is 54.6 Å². The Labute approximate surface area is 189 Å². The Morgan fingerprint density at radius 2 is 1.87 bits per heavy atom. The lowest BCUT2D eigenvalue weighted by molar-refractivity contribution is 0.0779. The van der Waals surface area contributed by atoms with E-state index in [4.69, 9.17) is 15.5 Å². The number of nitrogens with two attached hydrogens (primary N) is 1. The number of aromatic nitrogens is 1. The standard InChI is InChI=1S/C23H25N3O2.2ClH/c1-23(14-24)11-12-26(15-23)22(27)19-13-21(16-7-9-17(28-2)10-8-16)25-20-6-4-3-5-18(19)20;;/h3-10,13H,11-12,14-15,24H2,1-2H3;2*1H. The first-order valence-corrected chi connectivity index (χ1v) is 9.56. The lowest BCUT2D eigenvalue weighted by Crippen LogP contribution is -2.34. The maximum Gasteiger partial charge on any atom is 0.254 e. The Kier molecular flexibility index (Phi) is 7.70. The maximum absolute atomic E-state index is 13.4. The molecule has 1 aliphatic heterocycles. The number of rotatable bonds is 4. The fourth-order valence-corrected chi connectivity index (χ4v) is 3.80. The second-order valence-electron chi connectivity index (χ2n) is 7.79. The highest BCUT2D eigenvalue weighted by Gasteiger charge is 2.35. The zero-order chi connectivity index (χ0) is 19.7. The van der Waals surface area contributed by atoms with Gasteiger partial charge in [0.05, 0.1) is 23.9 Å². The van der Waals surface area contributed by atoms with Gasteiger partial charge < -0.3 is 15.4 Å². The molecule has 1 unspecified atom stereocenters. The van der Waals surface area contributed by atoms with E-state index in [1.807, 2.05) is 59.5 Å². The van der Waals surface area contributed by atoms with Crippen molar-refractivity contribution in [2.24, 2.45) is 11.1 Å². The number of halogens is 2. The smallest absolute Gasteiger partial charge is 0.254 e. The van der Waals surface area contributed by atoms with Crippen molar-refractivity contribution in [2.75, 3.05) is 26.7 Å². The van der Waals surface area contributed by atoms with E-state index >= 15 is 0 Å². The van der Waals surface area contributed by atoms with Gasteiger partial charge in [-0.3, -0.25) is 4.79 Å². The second-order valence-corrected chi connectivity index (χ2v) is 7.79. The number of amides is 1. The molecule has 0 saturated carbocycles. The van der Waals surface area contributed by atoms with E-state index in [0.717, 1.165) is 40.9 Å². The van der Waals surface area contributed by atoms with E-state index < -0.39 is 0 Å². The summed E-state index contributed by atoms with van der Waals surface area (Å²) in [4.78, 5) is 20.1. The minimum absolute atomic E-state index is 0. The molecule has 2 N–H and O–H groups in total. The van der Waals surface area contributed by atoms with Crippen molar-refractivity contribution in [1.29, 1.82) is 0 Å². The maximum atomic E-state index is 13.4. The van der Waals surface area contributed by atoms with Crippen LogP contribution in [0.4, 0.5) is 0 Å². The lowest BCUT2D eigenvalue weighted by Gasteiger charge is -2.23. The van der Waals surface area contributed by atoms with Crippen molar-refractivity contribution in [2.45, 2.75) is 13.3 Å². The zero-order valence-electron chi connectivity index (χ0n) is 17.1. The number of methoxy groups -OCH3 is 1. The molecular weight excluding hydrogens is 421 g/mol. The number of carbonyl (C=O) groups is 1. The molecule has 1 saturated heterocycles. The molecule has 2 heterocycles. The molecule has 30 heavy (non-hydrogen) atoms. The molecule has 0 spiro atoms. The minimum atomic E-state index is -0.00267. The van der Waals surface area contributed by atoms with E-state index in [9.17, 15) is 4.79 Å². The zero-order valence-corrected chi connectivity index (χ0v) is 18.8. The molecule has 0 bridgehead atoms. The largest absolute Gasteiger partial charge is 0.497 e. The van der Waals surface area contributed by atoms with Crippen LogP contribution in [0.25, 0.3) is 22.2 Å². The molecule has 3 aromatic rings. The van der Waals surface area contributed by atoms with Gasteiger partial charge in [-0.25, -0.2) is 4.98 Å². The number of para-hydroxylation sites is 1. The molecule has 5 nitrogen and oxygen atoms in total. The molecule has 1 fully saturated rings. The summed E-state index contributed by atoms with van der Waals surface area (Å²) >= 11 is 0. The summed E-state index contributed by atoms with van der Waals surface area (Å²) in [6.45, 7) is 4.16. The molecule has 0 aliphatic carbocycles. The Hall–Kier alpha value is -2.34. The number of carbonyl (C=O) groups excluding carboxylic acids is 1. The van der Waals surface area contributed by atoms with E-state index in [0.29, 0.717) is 18.7 Å². The van der Waals surface area contributed by atoms with Gasteiger partial charge in [-0.2, -0.15) is 0 Å². The highest BCUT2D eigenvalue weighted by Crippen LogP contribution is 2.32. The molecule has 7 heteroatoms. The Morgan fingerprint density at radius 3 is 2.50 bits per heavy atom. The molecule has 0 radical (unpaired) electrons. The summed E-state index contributed by atoms with van der Waals surface area (Å²) < 4.78 is 5.24. The second kappa shape index (κ2) is 9.65. The Bertz CT molecular complexity index is 1030. The third-order valence-corrected chi connectivity index (χ3v) is 5.67. The van der Waals surface area contributed by atoms with Gasteiger partial charge in [-0.15, -0.1) is 24.8 Å². The van der Waals surface area contributed by atoms with Crippen LogP contribution < -0.4 is 10.5 Å². The molecule has 1 amide bonds. The van der Waals surface area contributed by atoms with Gasteiger partial charge in [-0.05, 0) is 54.8 Å². The molecule has 4 rings (SSSR count). The molecule has 1 aromatic heterocycles. The van der Waals surface area contributed by atoms with Crippen molar-refractivity contribution in [1.82, 2.24) is 9.88 Å². The number of hydrogen-bond acceptors (Lipinski definition) is 4. The van der Waals surface area contributed by atoms with E-state index in [2.05, 4.69) is 6.92 Å². The summed E-state index contributed by atoms with van der Waals surface area (Å²) in [7, 11) is 1.64. The average Bonchev–Trinajstić information content (AvgIpc) is 3.15. The summed E-state index contributed by atoms with van der Waals surface area (Å²) in [6.07, 6.45) is 0.934. The number of hydrogen-bond donors (Lipinski definition) is 1. The number of likely N-dealkylation sites (tertiary alicyclic amines) is 1. The highest BCUT2D eigenvalue weighted by molar-refractivity contribution is 6.07. The van der Waals surface area contributed by atoms with Gasteiger partial charge in [0.15, 0.2) is 0 Å². The quantitative estimate of drug-likeness (QED) is 0.635. The van der Waals surface area contributed by atoms with Gasteiger partial charge in [0.2, 0.25) is 0 Å². The van der Waals surface area contributed by atoms with Crippen LogP contribution >= 0.6 is 24.8 Å². The third-order valence-electron chi connectivity index (χ3n) is 5.67. The average molecular weight is 448 g/mol. The fraction of sp³-hybridized carbons (Fsp3) is 0.304. The third kappa shape index (κ3) is 4.53. The van der Waals surface area contributed by atoms with E-state index in [-0.39, 0.29) is 36.1 Å². The number of nitrogens with zero attached hydrogens (tertiary/aromatic N) is 2. The van der Waals surface area contributed by atoms with Crippen molar-refractivity contribution in [3.63, 3.8) is 0 Å². The van der Waals surface area contributed by atoms with Crippen LogP contribution in [-0.4, -0.2) is 42.5 Å². The topological polar surface area (TPSA) is 68.5 Å². The molecular formula is C23H27Cl2N3O2. The number of ether oxygens (including phenoxy) is 1. The first-order valence-electron chi connectivity index (χ1n) is 9.56. The summed E-state index contributed by atoms with van der Waals surface area (Å²) in [5.74, 6) is 0.838. The number of pyridine rings is 1. The lowest BCUT2D eigenvalue weighted by atomic mass is 9.90. The van der Waals surface area contributed by atoms with E-state index in [1.54, 1.807) is 7.11 Å². The summed E-state index contributed by atoms with van der Waals surface area (Å²) in [6, 6.07) is 17.5. The SMILES string of the molecule is COc1ccc(-c2cc(C(=O)N3CCC(C)(CN)C3)c3ccccc3n2)cc1.Cl.Cl. The highest BCUT2D eigenvalue weighted by atomic mass is 35.5. The van der Waals surface area contributed by atoms with Crippen LogP contribution in [0.5, 0.6) is 5.75 Å². The number of benzene rings is 2. The van der Waals surface area contributed by atoms with Crippen LogP contribution in [0.3, 0.4) is 0 Å².